The number of anilines is 1. The van der Waals surface area contributed by atoms with Crippen molar-refractivity contribution in [2.45, 2.75) is 17.9 Å². The molecule has 0 radical (unpaired) electrons. The van der Waals surface area contributed by atoms with Crippen molar-refractivity contribution >= 4 is 29.3 Å². The van der Waals surface area contributed by atoms with Gasteiger partial charge in [-0.2, -0.15) is 13.2 Å². The van der Waals surface area contributed by atoms with Gasteiger partial charge in [0.05, 0.1) is 30.7 Å². The second kappa shape index (κ2) is 12.0. The second-order valence-corrected chi connectivity index (χ2v) is 8.98. The Morgan fingerprint density at radius 3 is 2.44 bits per heavy atom. The van der Waals surface area contributed by atoms with E-state index in [0.29, 0.717) is 11.4 Å². The van der Waals surface area contributed by atoms with Gasteiger partial charge in [0.15, 0.2) is 11.0 Å². The molecule has 4 rings (SSSR count). The highest BCUT2D eigenvalue weighted by atomic mass is 32.2. The number of nitrogens with zero attached hydrogens (tertiary/aromatic N) is 3. The van der Waals surface area contributed by atoms with Crippen LogP contribution in [-0.4, -0.2) is 39.4 Å². The molecule has 4 aromatic rings. The number of rotatable bonds is 9. The molecule has 0 unspecified atom stereocenters. The summed E-state index contributed by atoms with van der Waals surface area (Å²) in [6.07, 6.45) is -4.60. The number of alkyl halides is 3. The number of amides is 2. The summed E-state index contributed by atoms with van der Waals surface area (Å²) in [5.41, 5.74) is -0.217. The third-order valence-corrected chi connectivity index (χ3v) is 6.26. The van der Waals surface area contributed by atoms with Gasteiger partial charge in [-0.15, -0.1) is 10.2 Å². The first-order valence-electron chi connectivity index (χ1n) is 11.4. The minimum absolute atomic E-state index is 0.0601. The van der Waals surface area contributed by atoms with Gasteiger partial charge in [-0.1, -0.05) is 23.9 Å². The molecule has 0 spiro atoms. The van der Waals surface area contributed by atoms with E-state index in [9.17, 15) is 27.2 Å². The van der Waals surface area contributed by atoms with Gasteiger partial charge in [0, 0.05) is 11.3 Å². The molecule has 0 aliphatic carbocycles. The van der Waals surface area contributed by atoms with Crippen LogP contribution < -0.4 is 15.4 Å². The summed E-state index contributed by atoms with van der Waals surface area (Å²) in [4.78, 5) is 25.0. The summed E-state index contributed by atoms with van der Waals surface area (Å²) in [5, 5.41) is 13.5. The first-order valence-corrected chi connectivity index (χ1v) is 12.3. The molecule has 1 aromatic heterocycles. The van der Waals surface area contributed by atoms with Crippen LogP contribution in [0, 0.1) is 5.82 Å². The number of nitrogens with one attached hydrogen (secondary N) is 2. The zero-order valence-corrected chi connectivity index (χ0v) is 21.1. The smallest absolute Gasteiger partial charge is 0.416 e. The quantitative estimate of drug-likeness (QED) is 0.219. The molecule has 39 heavy (non-hydrogen) atoms. The van der Waals surface area contributed by atoms with E-state index in [0.717, 1.165) is 30.0 Å². The largest absolute Gasteiger partial charge is 0.497 e. The van der Waals surface area contributed by atoms with Gasteiger partial charge in [0.2, 0.25) is 5.91 Å². The van der Waals surface area contributed by atoms with Gasteiger partial charge >= 0.3 is 6.18 Å². The summed E-state index contributed by atoms with van der Waals surface area (Å²) in [6.45, 7) is -0.225. The lowest BCUT2D eigenvalue weighted by molar-refractivity contribution is -0.137. The molecule has 0 atom stereocenters. The molecule has 0 saturated carbocycles. The molecule has 0 fully saturated rings. The van der Waals surface area contributed by atoms with E-state index in [2.05, 4.69) is 20.8 Å². The van der Waals surface area contributed by atoms with Crippen LogP contribution >= 0.6 is 11.8 Å². The van der Waals surface area contributed by atoms with Gasteiger partial charge < -0.3 is 15.4 Å². The van der Waals surface area contributed by atoms with E-state index in [1.807, 2.05) is 0 Å². The SMILES string of the molecule is COc1ccc(NC(=O)CSc2nnc(CNC(=O)c3cccc(F)c3)n2-c2cccc(C(F)(F)F)c2)cc1. The molecule has 0 bridgehead atoms. The predicted octanol–water partition coefficient (Wildman–Crippen LogP) is 5.09. The topological polar surface area (TPSA) is 98.1 Å². The number of hydrogen-bond donors (Lipinski definition) is 2. The van der Waals surface area contributed by atoms with Gasteiger partial charge in [0.25, 0.3) is 5.91 Å². The minimum Gasteiger partial charge on any atom is -0.497 e. The van der Waals surface area contributed by atoms with Crippen molar-refractivity contribution in [1.82, 2.24) is 20.1 Å². The molecule has 0 saturated heterocycles. The van der Waals surface area contributed by atoms with E-state index in [4.69, 9.17) is 4.74 Å². The summed E-state index contributed by atoms with van der Waals surface area (Å²) in [7, 11) is 1.52. The maximum atomic E-state index is 13.5. The van der Waals surface area contributed by atoms with Crippen LogP contribution in [0.4, 0.5) is 23.2 Å². The average Bonchev–Trinajstić information content (AvgIpc) is 3.33. The fourth-order valence-electron chi connectivity index (χ4n) is 3.48. The number of hydrogen-bond acceptors (Lipinski definition) is 6. The number of methoxy groups -OCH3 is 1. The van der Waals surface area contributed by atoms with Crippen LogP contribution in [-0.2, 0) is 17.5 Å². The molecule has 1 heterocycles. The van der Waals surface area contributed by atoms with E-state index >= 15 is 0 Å². The number of carbonyl (C=O) groups is 2. The second-order valence-electron chi connectivity index (χ2n) is 8.04. The molecular weight excluding hydrogens is 538 g/mol. The molecule has 2 N–H and O–H groups in total. The maximum absolute atomic E-state index is 13.5. The number of aromatic nitrogens is 3. The van der Waals surface area contributed by atoms with Crippen molar-refractivity contribution < 1.29 is 31.9 Å². The number of halogens is 4. The van der Waals surface area contributed by atoms with Crippen molar-refractivity contribution in [1.29, 1.82) is 0 Å². The molecule has 3 aromatic carbocycles. The monoisotopic (exact) mass is 559 g/mol. The molecule has 202 valence electrons. The molecule has 0 aliphatic rings. The van der Waals surface area contributed by atoms with Crippen molar-refractivity contribution in [3.05, 3.63) is 95.6 Å². The van der Waals surface area contributed by atoms with Crippen molar-refractivity contribution in [3.63, 3.8) is 0 Å². The van der Waals surface area contributed by atoms with Crippen molar-refractivity contribution in [3.8, 4) is 11.4 Å². The lowest BCUT2D eigenvalue weighted by Crippen LogP contribution is -2.25. The fraction of sp³-hybridized carbons (Fsp3) is 0.154. The molecule has 0 aliphatic heterocycles. The third kappa shape index (κ3) is 7.13. The highest BCUT2D eigenvalue weighted by Crippen LogP contribution is 2.32. The first kappa shape index (κ1) is 27.6. The van der Waals surface area contributed by atoms with E-state index < -0.39 is 23.5 Å². The first-order chi connectivity index (χ1) is 18.6. The average molecular weight is 560 g/mol. The fourth-order valence-corrected chi connectivity index (χ4v) is 4.25. The van der Waals surface area contributed by atoms with Crippen LogP contribution in [0.2, 0.25) is 0 Å². The zero-order chi connectivity index (χ0) is 28.0. The Morgan fingerprint density at radius 1 is 1.00 bits per heavy atom. The number of thioether (sulfide) groups is 1. The van der Waals surface area contributed by atoms with E-state index in [1.165, 1.54) is 42.0 Å². The van der Waals surface area contributed by atoms with Crippen LogP contribution in [0.15, 0.2) is 78.0 Å². The Morgan fingerprint density at radius 2 is 1.74 bits per heavy atom. The Bertz CT molecular complexity index is 1480. The van der Waals surface area contributed by atoms with E-state index in [-0.39, 0.29) is 40.4 Å². The Hall–Kier alpha value is -4.39. The number of ether oxygens (including phenoxy) is 1. The molecular formula is C26H21F4N5O3S. The molecule has 8 nitrogen and oxygen atoms in total. The van der Waals surface area contributed by atoms with Gasteiger partial charge in [-0.25, -0.2) is 4.39 Å². The highest BCUT2D eigenvalue weighted by Gasteiger charge is 2.31. The van der Waals surface area contributed by atoms with Gasteiger partial charge in [-0.05, 0) is 60.7 Å². The van der Waals surface area contributed by atoms with Crippen LogP contribution in [0.25, 0.3) is 5.69 Å². The van der Waals surface area contributed by atoms with Crippen LogP contribution in [0.1, 0.15) is 21.7 Å². The van der Waals surface area contributed by atoms with Gasteiger partial charge in [-0.3, -0.25) is 14.2 Å². The van der Waals surface area contributed by atoms with Crippen molar-refractivity contribution in [2.24, 2.45) is 0 Å². The van der Waals surface area contributed by atoms with Crippen molar-refractivity contribution in [2.75, 3.05) is 18.2 Å². The summed E-state index contributed by atoms with van der Waals surface area (Å²) in [6, 6.07) is 16.2. The molecule has 2 amide bonds. The van der Waals surface area contributed by atoms with E-state index in [1.54, 1.807) is 24.3 Å². The summed E-state index contributed by atoms with van der Waals surface area (Å²) < 4.78 is 60.1. The normalized spacial score (nSPS) is 11.2. The van der Waals surface area contributed by atoms with Crippen LogP contribution in [0.5, 0.6) is 5.75 Å². The maximum Gasteiger partial charge on any atom is 0.416 e. The minimum atomic E-state index is -4.60. The standard InChI is InChI=1S/C26H21F4N5O3S/c1-38-21-10-8-19(9-11-21)32-23(36)15-39-25-34-33-22(14-31-24(37)16-4-2-6-18(27)12-16)35(25)20-7-3-5-17(13-20)26(28,29)30/h2-13H,14-15H2,1H3,(H,31,37)(H,32,36). The lowest BCUT2D eigenvalue weighted by Gasteiger charge is -2.13. The van der Waals surface area contributed by atoms with Crippen LogP contribution in [0.3, 0.4) is 0 Å². The predicted molar refractivity (Wildman–Crippen MR) is 136 cm³/mol. The Labute approximate surface area is 224 Å². The summed E-state index contributed by atoms with van der Waals surface area (Å²) >= 11 is 0.953. The summed E-state index contributed by atoms with van der Waals surface area (Å²) in [5.74, 6) is -0.989. The third-order valence-electron chi connectivity index (χ3n) is 5.33. The highest BCUT2D eigenvalue weighted by molar-refractivity contribution is 7.99. The number of benzene rings is 3. The Kier molecular flexibility index (Phi) is 8.49. The Balaban J connectivity index is 1.55. The molecule has 13 heteroatoms. The zero-order valence-electron chi connectivity index (χ0n) is 20.3. The number of carbonyl (C=O) groups excluding carboxylic acids is 2. The lowest BCUT2D eigenvalue weighted by atomic mass is 10.2. The van der Waals surface area contributed by atoms with Gasteiger partial charge in [0.1, 0.15) is 11.6 Å².